The molecular weight excluding hydrogens is 422 g/mol. The van der Waals surface area contributed by atoms with Crippen LogP contribution in [0.3, 0.4) is 0 Å². The average Bonchev–Trinajstić information content (AvgIpc) is 3.10. The number of rotatable bonds is 6. The number of fused-ring (bicyclic) bond motifs is 2. The SMILES string of the molecule is CCCN1C(=O)COc2ccc(C(=O)C(C)Sc3nc4sc(C)cc4c(=O)[nH]3)cc21. The zero-order chi connectivity index (χ0) is 21.4. The number of hydrogen-bond donors (Lipinski definition) is 1. The zero-order valence-electron chi connectivity index (χ0n) is 16.9. The van der Waals surface area contributed by atoms with Crippen molar-refractivity contribution in [3.8, 4) is 5.75 Å². The molecule has 4 rings (SSSR count). The first-order valence-corrected chi connectivity index (χ1v) is 11.4. The second-order valence-corrected chi connectivity index (χ2v) is 9.65. The van der Waals surface area contributed by atoms with Crippen molar-refractivity contribution in [3.63, 3.8) is 0 Å². The molecular formula is C21H21N3O4S2. The molecule has 2 aromatic heterocycles. The van der Waals surface area contributed by atoms with Gasteiger partial charge in [-0.25, -0.2) is 4.98 Å². The predicted molar refractivity (Wildman–Crippen MR) is 119 cm³/mol. The summed E-state index contributed by atoms with van der Waals surface area (Å²) in [7, 11) is 0. The number of ether oxygens (including phenoxy) is 1. The zero-order valence-corrected chi connectivity index (χ0v) is 18.5. The molecule has 0 radical (unpaired) electrons. The Morgan fingerprint density at radius 3 is 2.93 bits per heavy atom. The number of carbonyl (C=O) groups is 2. The van der Waals surface area contributed by atoms with Crippen molar-refractivity contribution in [2.45, 2.75) is 37.6 Å². The van der Waals surface area contributed by atoms with E-state index in [1.165, 1.54) is 23.1 Å². The maximum absolute atomic E-state index is 13.1. The van der Waals surface area contributed by atoms with Gasteiger partial charge in [0.05, 0.1) is 16.3 Å². The van der Waals surface area contributed by atoms with E-state index in [0.717, 1.165) is 11.3 Å². The van der Waals surface area contributed by atoms with Gasteiger partial charge in [0.1, 0.15) is 10.6 Å². The van der Waals surface area contributed by atoms with Gasteiger partial charge in [0, 0.05) is 17.0 Å². The average molecular weight is 444 g/mol. The van der Waals surface area contributed by atoms with Crippen LogP contribution in [0.2, 0.25) is 0 Å². The molecule has 1 aromatic carbocycles. The van der Waals surface area contributed by atoms with Crippen LogP contribution in [0.25, 0.3) is 10.2 Å². The van der Waals surface area contributed by atoms with Crippen LogP contribution in [-0.2, 0) is 4.79 Å². The van der Waals surface area contributed by atoms with Gasteiger partial charge >= 0.3 is 0 Å². The highest BCUT2D eigenvalue weighted by molar-refractivity contribution is 8.00. The Labute approximate surface area is 181 Å². The van der Waals surface area contributed by atoms with Crippen LogP contribution in [0.4, 0.5) is 5.69 Å². The number of amides is 1. The topological polar surface area (TPSA) is 92.4 Å². The van der Waals surface area contributed by atoms with Crippen molar-refractivity contribution in [3.05, 3.63) is 45.1 Å². The van der Waals surface area contributed by atoms with Crippen molar-refractivity contribution in [2.24, 2.45) is 0 Å². The molecule has 1 N–H and O–H groups in total. The highest BCUT2D eigenvalue weighted by Crippen LogP contribution is 2.34. The van der Waals surface area contributed by atoms with E-state index in [1.807, 2.05) is 19.9 Å². The minimum Gasteiger partial charge on any atom is -0.482 e. The number of Topliss-reactive ketones (excluding diaryl/α,β-unsaturated/α-hetero) is 1. The van der Waals surface area contributed by atoms with E-state index in [-0.39, 0.29) is 23.9 Å². The molecule has 3 aromatic rings. The van der Waals surface area contributed by atoms with Crippen molar-refractivity contribution in [2.75, 3.05) is 18.1 Å². The number of hydrogen-bond acceptors (Lipinski definition) is 7. The number of nitrogens with zero attached hydrogens (tertiary/aromatic N) is 2. The molecule has 0 saturated carbocycles. The number of ketones is 1. The lowest BCUT2D eigenvalue weighted by molar-refractivity contribution is -0.121. The molecule has 1 unspecified atom stereocenters. The molecule has 0 bridgehead atoms. The molecule has 156 valence electrons. The van der Waals surface area contributed by atoms with Gasteiger partial charge in [-0.3, -0.25) is 14.4 Å². The maximum atomic E-state index is 13.1. The molecule has 0 saturated heterocycles. The summed E-state index contributed by atoms with van der Waals surface area (Å²) in [6.45, 7) is 6.29. The van der Waals surface area contributed by atoms with Crippen LogP contribution in [0.1, 0.15) is 35.5 Å². The summed E-state index contributed by atoms with van der Waals surface area (Å²) in [5.74, 6) is 0.379. The lowest BCUT2D eigenvalue weighted by atomic mass is 10.1. The molecule has 0 fully saturated rings. The number of H-pyrrole nitrogens is 1. The largest absolute Gasteiger partial charge is 0.482 e. The molecule has 0 spiro atoms. The van der Waals surface area contributed by atoms with Crippen LogP contribution in [0, 0.1) is 6.92 Å². The first-order chi connectivity index (χ1) is 14.4. The number of aryl methyl sites for hydroxylation is 1. The predicted octanol–water partition coefficient (Wildman–Crippen LogP) is 3.79. The third-order valence-corrected chi connectivity index (χ3v) is 6.72. The molecule has 1 amide bonds. The van der Waals surface area contributed by atoms with Gasteiger partial charge < -0.3 is 14.6 Å². The van der Waals surface area contributed by atoms with Crippen LogP contribution in [0.15, 0.2) is 34.2 Å². The van der Waals surface area contributed by atoms with Gasteiger partial charge in [0.2, 0.25) is 0 Å². The van der Waals surface area contributed by atoms with Crippen molar-refractivity contribution >= 4 is 50.7 Å². The van der Waals surface area contributed by atoms with Gasteiger partial charge in [-0.1, -0.05) is 18.7 Å². The second kappa shape index (κ2) is 8.23. The first-order valence-electron chi connectivity index (χ1n) is 9.66. The number of anilines is 1. The molecule has 1 aliphatic heterocycles. The molecule has 9 heteroatoms. The fraction of sp³-hybridized carbons (Fsp3) is 0.333. The minimum absolute atomic E-state index is 0.0102. The normalized spacial score (nSPS) is 14.5. The molecule has 3 heterocycles. The van der Waals surface area contributed by atoms with Crippen molar-refractivity contribution in [1.29, 1.82) is 0 Å². The fourth-order valence-electron chi connectivity index (χ4n) is 3.37. The van der Waals surface area contributed by atoms with Crippen LogP contribution < -0.4 is 15.2 Å². The Balaban J connectivity index is 1.59. The standard InChI is InChI=1S/C21H21N3O4S2/c1-4-7-24-15-9-13(5-6-16(15)28-10-17(24)25)18(26)12(3)30-21-22-19(27)14-8-11(2)29-20(14)23-21/h5-6,8-9,12H,4,7,10H2,1-3H3,(H,22,23,27). The third kappa shape index (κ3) is 3.87. The summed E-state index contributed by atoms with van der Waals surface area (Å²) in [5, 5.41) is 0.514. The van der Waals surface area contributed by atoms with Gasteiger partial charge in [-0.15, -0.1) is 11.3 Å². The van der Waals surface area contributed by atoms with Gasteiger partial charge in [-0.05, 0) is 44.5 Å². The number of nitrogens with one attached hydrogen (secondary N) is 1. The summed E-state index contributed by atoms with van der Waals surface area (Å²) in [4.78, 5) is 48.1. The van der Waals surface area contributed by atoms with E-state index >= 15 is 0 Å². The highest BCUT2D eigenvalue weighted by Gasteiger charge is 2.27. The van der Waals surface area contributed by atoms with Gasteiger partial charge in [0.15, 0.2) is 17.5 Å². The van der Waals surface area contributed by atoms with E-state index in [9.17, 15) is 14.4 Å². The van der Waals surface area contributed by atoms with E-state index in [0.29, 0.717) is 38.9 Å². The molecule has 30 heavy (non-hydrogen) atoms. The maximum Gasteiger partial charge on any atom is 0.265 e. The number of carbonyl (C=O) groups excluding carboxylic acids is 2. The summed E-state index contributed by atoms with van der Waals surface area (Å²) >= 11 is 2.66. The second-order valence-electron chi connectivity index (χ2n) is 7.09. The number of benzene rings is 1. The Kier molecular flexibility index (Phi) is 5.66. The smallest absolute Gasteiger partial charge is 0.265 e. The molecule has 0 aliphatic carbocycles. The van der Waals surface area contributed by atoms with Crippen molar-refractivity contribution < 1.29 is 14.3 Å². The van der Waals surface area contributed by atoms with E-state index < -0.39 is 5.25 Å². The van der Waals surface area contributed by atoms with Gasteiger partial charge in [0.25, 0.3) is 11.5 Å². The van der Waals surface area contributed by atoms with E-state index in [2.05, 4.69) is 9.97 Å². The Bertz CT molecular complexity index is 1200. The minimum atomic E-state index is -0.468. The van der Waals surface area contributed by atoms with Crippen LogP contribution >= 0.6 is 23.1 Å². The number of thioether (sulfide) groups is 1. The van der Waals surface area contributed by atoms with E-state index in [1.54, 1.807) is 30.0 Å². The molecule has 1 atom stereocenters. The fourth-order valence-corrected chi connectivity index (χ4v) is 5.18. The quantitative estimate of drug-likeness (QED) is 0.354. The van der Waals surface area contributed by atoms with E-state index in [4.69, 9.17) is 4.74 Å². The molecule has 1 aliphatic rings. The lowest BCUT2D eigenvalue weighted by Gasteiger charge is -2.29. The number of aromatic amines is 1. The monoisotopic (exact) mass is 443 g/mol. The first kappa shape index (κ1) is 20.6. The third-order valence-electron chi connectivity index (χ3n) is 4.80. The lowest BCUT2D eigenvalue weighted by Crippen LogP contribution is -2.39. The molecule has 7 nitrogen and oxygen atoms in total. The number of thiophene rings is 1. The van der Waals surface area contributed by atoms with Crippen LogP contribution in [0.5, 0.6) is 5.75 Å². The summed E-state index contributed by atoms with van der Waals surface area (Å²) in [6, 6.07) is 6.96. The van der Waals surface area contributed by atoms with Crippen LogP contribution in [-0.4, -0.2) is 40.1 Å². The summed E-state index contributed by atoms with van der Waals surface area (Å²) in [5.41, 5.74) is 0.910. The number of aromatic nitrogens is 2. The highest BCUT2D eigenvalue weighted by atomic mass is 32.2. The Hall–Kier alpha value is -2.65. The Morgan fingerprint density at radius 2 is 2.17 bits per heavy atom. The van der Waals surface area contributed by atoms with Crippen molar-refractivity contribution in [1.82, 2.24) is 9.97 Å². The summed E-state index contributed by atoms with van der Waals surface area (Å²) < 4.78 is 5.50. The summed E-state index contributed by atoms with van der Waals surface area (Å²) in [6.07, 6.45) is 0.805. The van der Waals surface area contributed by atoms with Gasteiger partial charge in [-0.2, -0.15) is 0 Å². The Morgan fingerprint density at radius 1 is 1.37 bits per heavy atom.